The molecule has 0 amide bonds. The monoisotopic (exact) mass is 355 g/mol. The molecule has 5 atom stereocenters. The van der Waals surface area contributed by atoms with Crippen molar-refractivity contribution in [2.24, 2.45) is 0 Å². The maximum absolute atomic E-state index is 9.91. The molecule has 136 valence electrons. The summed E-state index contributed by atoms with van der Waals surface area (Å²) in [5, 5.41) is 19.8. The van der Waals surface area contributed by atoms with Crippen LogP contribution in [0, 0.1) is 0 Å². The molecule has 2 aromatic carbocycles. The molecule has 5 rings (SSSR count). The minimum atomic E-state index is -0.736. The highest BCUT2D eigenvalue weighted by molar-refractivity contribution is 5.36. The third kappa shape index (κ3) is 2.01. The Balaban J connectivity index is 1.59. The fourth-order valence-corrected chi connectivity index (χ4v) is 4.45. The molecular weight excluding hydrogens is 334 g/mol. The zero-order chi connectivity index (χ0) is 18.1. The summed E-state index contributed by atoms with van der Waals surface area (Å²) in [4.78, 5) is 2.12. The van der Waals surface area contributed by atoms with Crippen molar-refractivity contribution in [2.45, 2.75) is 43.7 Å². The first-order valence-electron chi connectivity index (χ1n) is 8.75. The number of phenolic OH excluding ortho intramolecular Hbond substituents is 2. The Kier molecular flexibility index (Phi) is 3.22. The average molecular weight is 355 g/mol. The Hall–Kier alpha value is -2.12. The second kappa shape index (κ2) is 5.20. The second-order valence-corrected chi connectivity index (χ2v) is 7.49. The Morgan fingerprint density at radius 2 is 1.46 bits per heavy atom. The minimum absolute atomic E-state index is 0.195. The molecule has 6 nitrogen and oxygen atoms in total. The predicted octanol–water partition coefficient (Wildman–Crippen LogP) is 2.60. The summed E-state index contributed by atoms with van der Waals surface area (Å²) in [6.07, 6.45) is -0.885. The summed E-state index contributed by atoms with van der Waals surface area (Å²) >= 11 is 0. The molecule has 3 saturated heterocycles. The lowest BCUT2D eigenvalue weighted by atomic mass is 9.93. The van der Waals surface area contributed by atoms with Crippen LogP contribution in [0.1, 0.15) is 25.0 Å². The standard InChI is InChI=1S/C20H21NO5/c1-19(12-5-3-7-14(22)9-12)17-21-16(11-24-17)25-20(2,18(21)26-19)13-6-4-8-15(23)10-13/h3-10,16-18,22-23H,11H2,1-2H3/t16-,17-,18+,19+,20-/m0/s1. The fourth-order valence-electron chi connectivity index (χ4n) is 4.45. The van der Waals surface area contributed by atoms with Gasteiger partial charge in [-0.25, -0.2) is 4.90 Å². The highest BCUT2D eigenvalue weighted by Gasteiger charge is 2.68. The van der Waals surface area contributed by atoms with Gasteiger partial charge in [-0.1, -0.05) is 24.3 Å². The summed E-state index contributed by atoms with van der Waals surface area (Å²) in [5.41, 5.74) is 0.242. The Morgan fingerprint density at radius 1 is 0.885 bits per heavy atom. The zero-order valence-corrected chi connectivity index (χ0v) is 14.6. The molecule has 26 heavy (non-hydrogen) atoms. The van der Waals surface area contributed by atoms with E-state index < -0.39 is 11.2 Å². The summed E-state index contributed by atoms with van der Waals surface area (Å²) < 4.78 is 18.9. The van der Waals surface area contributed by atoms with E-state index in [-0.39, 0.29) is 30.2 Å². The van der Waals surface area contributed by atoms with Gasteiger partial charge in [-0.05, 0) is 49.2 Å². The van der Waals surface area contributed by atoms with E-state index in [1.807, 2.05) is 26.0 Å². The van der Waals surface area contributed by atoms with Crippen molar-refractivity contribution in [3.05, 3.63) is 59.7 Å². The second-order valence-electron chi connectivity index (χ2n) is 7.49. The maximum atomic E-state index is 9.91. The van der Waals surface area contributed by atoms with Gasteiger partial charge in [0.2, 0.25) is 0 Å². The molecule has 3 aliphatic heterocycles. The Labute approximate surface area is 151 Å². The van der Waals surface area contributed by atoms with Crippen LogP contribution in [0.15, 0.2) is 48.5 Å². The highest BCUT2D eigenvalue weighted by atomic mass is 16.7. The van der Waals surface area contributed by atoms with E-state index in [2.05, 4.69) is 4.90 Å². The number of hydrogen-bond acceptors (Lipinski definition) is 6. The van der Waals surface area contributed by atoms with Gasteiger partial charge < -0.3 is 24.4 Å². The van der Waals surface area contributed by atoms with Gasteiger partial charge in [0.25, 0.3) is 0 Å². The molecule has 3 heterocycles. The molecule has 0 bridgehead atoms. The van der Waals surface area contributed by atoms with Gasteiger partial charge in [0.05, 0.1) is 6.61 Å². The van der Waals surface area contributed by atoms with Gasteiger partial charge >= 0.3 is 0 Å². The van der Waals surface area contributed by atoms with Gasteiger partial charge in [0, 0.05) is 0 Å². The first-order chi connectivity index (χ1) is 12.4. The van der Waals surface area contributed by atoms with Gasteiger partial charge in [-0.15, -0.1) is 0 Å². The molecule has 0 radical (unpaired) electrons. The van der Waals surface area contributed by atoms with Crippen LogP contribution in [0.2, 0.25) is 0 Å². The smallest absolute Gasteiger partial charge is 0.149 e. The molecule has 3 aliphatic rings. The lowest BCUT2D eigenvalue weighted by Crippen LogP contribution is -2.40. The van der Waals surface area contributed by atoms with Crippen LogP contribution in [0.25, 0.3) is 0 Å². The number of phenols is 2. The molecule has 3 fully saturated rings. The molecule has 2 aromatic rings. The van der Waals surface area contributed by atoms with Crippen LogP contribution < -0.4 is 0 Å². The van der Waals surface area contributed by atoms with E-state index in [4.69, 9.17) is 14.2 Å². The quantitative estimate of drug-likeness (QED) is 0.863. The number of benzene rings is 2. The van der Waals surface area contributed by atoms with Gasteiger partial charge in [-0.2, -0.15) is 0 Å². The number of ether oxygens (including phenoxy) is 3. The van der Waals surface area contributed by atoms with Crippen LogP contribution in [0.3, 0.4) is 0 Å². The number of aromatic hydroxyl groups is 2. The minimum Gasteiger partial charge on any atom is -0.508 e. The van der Waals surface area contributed by atoms with Crippen molar-refractivity contribution in [1.82, 2.24) is 4.90 Å². The van der Waals surface area contributed by atoms with Crippen LogP contribution in [0.5, 0.6) is 11.5 Å². The summed E-state index contributed by atoms with van der Waals surface area (Å²) in [5.74, 6) is 0.391. The summed E-state index contributed by atoms with van der Waals surface area (Å²) in [6.45, 7) is 4.42. The molecule has 0 unspecified atom stereocenters. The molecule has 2 N–H and O–H groups in total. The molecule has 0 aliphatic carbocycles. The van der Waals surface area contributed by atoms with Crippen molar-refractivity contribution < 1.29 is 24.4 Å². The van der Waals surface area contributed by atoms with E-state index in [9.17, 15) is 10.2 Å². The normalized spacial score (nSPS) is 38.6. The highest BCUT2D eigenvalue weighted by Crippen LogP contribution is 2.56. The third-order valence-corrected chi connectivity index (χ3v) is 5.79. The van der Waals surface area contributed by atoms with E-state index >= 15 is 0 Å². The van der Waals surface area contributed by atoms with Crippen molar-refractivity contribution in [2.75, 3.05) is 6.61 Å². The largest absolute Gasteiger partial charge is 0.508 e. The fraction of sp³-hybridized carbons (Fsp3) is 0.400. The van der Waals surface area contributed by atoms with Gasteiger partial charge in [0.1, 0.15) is 41.4 Å². The molecule has 0 spiro atoms. The summed E-state index contributed by atoms with van der Waals surface area (Å²) in [7, 11) is 0. The first kappa shape index (κ1) is 16.1. The van der Waals surface area contributed by atoms with Crippen molar-refractivity contribution in [1.29, 1.82) is 0 Å². The van der Waals surface area contributed by atoms with E-state index in [1.165, 1.54) is 0 Å². The summed E-state index contributed by atoms with van der Waals surface area (Å²) in [6, 6.07) is 14.2. The van der Waals surface area contributed by atoms with Crippen LogP contribution in [-0.2, 0) is 25.4 Å². The average Bonchev–Trinajstić information content (AvgIpc) is 3.24. The van der Waals surface area contributed by atoms with Crippen molar-refractivity contribution in [3.8, 4) is 11.5 Å². The topological polar surface area (TPSA) is 71.4 Å². The molecule has 6 heteroatoms. The lowest BCUT2D eigenvalue weighted by Gasteiger charge is -2.33. The van der Waals surface area contributed by atoms with Gasteiger partial charge in [0.15, 0.2) is 0 Å². The zero-order valence-electron chi connectivity index (χ0n) is 14.6. The van der Waals surface area contributed by atoms with Crippen LogP contribution in [0.4, 0.5) is 0 Å². The van der Waals surface area contributed by atoms with Crippen molar-refractivity contribution >= 4 is 0 Å². The van der Waals surface area contributed by atoms with E-state index in [0.29, 0.717) is 6.61 Å². The Morgan fingerprint density at radius 3 is 2.04 bits per heavy atom. The lowest BCUT2D eigenvalue weighted by molar-refractivity contribution is -0.138. The number of rotatable bonds is 2. The predicted molar refractivity (Wildman–Crippen MR) is 92.2 cm³/mol. The Bertz CT molecular complexity index is 827. The van der Waals surface area contributed by atoms with Crippen molar-refractivity contribution in [3.63, 3.8) is 0 Å². The maximum Gasteiger partial charge on any atom is 0.149 e. The van der Waals surface area contributed by atoms with E-state index in [1.54, 1.807) is 36.4 Å². The van der Waals surface area contributed by atoms with Crippen LogP contribution >= 0.6 is 0 Å². The first-order valence-corrected chi connectivity index (χ1v) is 8.75. The molecule has 0 saturated carbocycles. The molecular formula is C20H21NO5. The number of hydrogen-bond donors (Lipinski definition) is 2. The number of nitrogens with zero attached hydrogens (tertiary/aromatic N) is 1. The van der Waals surface area contributed by atoms with Gasteiger partial charge in [-0.3, -0.25) is 0 Å². The SMILES string of the molecule is C[C@@]1(c2cccc(O)c2)O[C@H]2CO[C@@H]3N2[C@@H]1O[C@]3(C)c1cccc(O)c1. The third-order valence-electron chi connectivity index (χ3n) is 5.79. The van der Waals surface area contributed by atoms with E-state index in [0.717, 1.165) is 11.1 Å². The molecule has 0 aromatic heterocycles. The van der Waals surface area contributed by atoms with Crippen LogP contribution in [-0.4, -0.2) is 40.4 Å².